The highest BCUT2D eigenvalue weighted by Gasteiger charge is 2.12. The number of nitrogens with two attached hydrogens (primary N) is 1. The SMILES string of the molecule is CC(C)(C)NC(N)=NCC(O)c1ccc(Cl)c(F)c1.I. The number of rotatable bonds is 3. The lowest BCUT2D eigenvalue weighted by atomic mass is 10.1. The number of aliphatic imine (C=N–C) groups is 1. The predicted octanol–water partition coefficient (Wildman–Crippen LogP) is 2.83. The molecule has 0 amide bonds. The number of benzene rings is 1. The minimum absolute atomic E-state index is 0. The fourth-order valence-electron chi connectivity index (χ4n) is 1.43. The van der Waals surface area contributed by atoms with E-state index in [4.69, 9.17) is 17.3 Å². The molecule has 1 atom stereocenters. The predicted molar refractivity (Wildman–Crippen MR) is 91.2 cm³/mol. The summed E-state index contributed by atoms with van der Waals surface area (Å²) in [5.74, 6) is -0.330. The summed E-state index contributed by atoms with van der Waals surface area (Å²) in [6.45, 7) is 5.89. The van der Waals surface area contributed by atoms with E-state index >= 15 is 0 Å². The molecule has 0 heterocycles. The fraction of sp³-hybridized carbons (Fsp3) is 0.462. The molecule has 1 aromatic rings. The molecule has 4 N–H and O–H groups in total. The van der Waals surface area contributed by atoms with E-state index in [1.54, 1.807) is 6.07 Å². The Morgan fingerprint density at radius 1 is 1.50 bits per heavy atom. The Hall–Kier alpha value is -0.600. The van der Waals surface area contributed by atoms with Crippen molar-refractivity contribution in [2.75, 3.05) is 6.54 Å². The molecule has 1 aromatic carbocycles. The number of aliphatic hydroxyl groups excluding tert-OH is 1. The second-order valence-corrected chi connectivity index (χ2v) is 5.70. The van der Waals surface area contributed by atoms with Crippen LogP contribution in [0.3, 0.4) is 0 Å². The van der Waals surface area contributed by atoms with Crippen molar-refractivity contribution in [3.05, 3.63) is 34.6 Å². The van der Waals surface area contributed by atoms with Gasteiger partial charge in [0.25, 0.3) is 0 Å². The van der Waals surface area contributed by atoms with Crippen LogP contribution in [-0.4, -0.2) is 23.1 Å². The van der Waals surface area contributed by atoms with Gasteiger partial charge in [0.2, 0.25) is 0 Å². The Balaban J connectivity index is 0.00000361. The molecule has 7 heteroatoms. The second kappa shape index (κ2) is 7.99. The van der Waals surface area contributed by atoms with Crippen LogP contribution in [0, 0.1) is 5.82 Å². The molecule has 0 aliphatic carbocycles. The highest BCUT2D eigenvalue weighted by atomic mass is 127. The highest BCUT2D eigenvalue weighted by molar-refractivity contribution is 14.0. The van der Waals surface area contributed by atoms with Crippen LogP contribution in [-0.2, 0) is 0 Å². The fourth-order valence-corrected chi connectivity index (χ4v) is 1.55. The van der Waals surface area contributed by atoms with Crippen molar-refractivity contribution in [1.82, 2.24) is 5.32 Å². The smallest absolute Gasteiger partial charge is 0.189 e. The zero-order chi connectivity index (χ0) is 14.6. The Morgan fingerprint density at radius 2 is 2.10 bits per heavy atom. The third kappa shape index (κ3) is 6.71. The molecule has 1 rings (SSSR count). The molecule has 20 heavy (non-hydrogen) atoms. The van der Waals surface area contributed by atoms with Crippen molar-refractivity contribution in [2.45, 2.75) is 32.4 Å². The van der Waals surface area contributed by atoms with Gasteiger partial charge in [0.1, 0.15) is 5.82 Å². The minimum atomic E-state index is -0.924. The van der Waals surface area contributed by atoms with Gasteiger partial charge in [-0.15, -0.1) is 24.0 Å². The van der Waals surface area contributed by atoms with Crippen molar-refractivity contribution >= 4 is 41.5 Å². The zero-order valence-corrected chi connectivity index (χ0v) is 14.7. The van der Waals surface area contributed by atoms with Crippen LogP contribution in [0.2, 0.25) is 5.02 Å². The average molecular weight is 416 g/mol. The van der Waals surface area contributed by atoms with E-state index in [9.17, 15) is 9.50 Å². The maximum atomic E-state index is 13.2. The molecule has 0 saturated heterocycles. The number of nitrogens with one attached hydrogen (secondary N) is 1. The van der Waals surface area contributed by atoms with Gasteiger partial charge in [0, 0.05) is 5.54 Å². The first-order valence-corrected chi connectivity index (χ1v) is 6.28. The molecule has 0 aliphatic heterocycles. The monoisotopic (exact) mass is 415 g/mol. The Morgan fingerprint density at radius 3 is 2.60 bits per heavy atom. The van der Waals surface area contributed by atoms with Crippen LogP contribution < -0.4 is 11.1 Å². The van der Waals surface area contributed by atoms with E-state index in [0.29, 0.717) is 5.56 Å². The van der Waals surface area contributed by atoms with Crippen LogP contribution in [0.4, 0.5) is 4.39 Å². The summed E-state index contributed by atoms with van der Waals surface area (Å²) in [6.07, 6.45) is -0.924. The van der Waals surface area contributed by atoms with Crippen molar-refractivity contribution in [1.29, 1.82) is 0 Å². The van der Waals surface area contributed by atoms with E-state index in [2.05, 4.69) is 10.3 Å². The molecule has 0 bridgehead atoms. The molecule has 0 aromatic heterocycles. The number of hydrogen-bond acceptors (Lipinski definition) is 2. The highest BCUT2D eigenvalue weighted by Crippen LogP contribution is 2.20. The van der Waals surface area contributed by atoms with Gasteiger partial charge in [-0.3, -0.25) is 4.99 Å². The average Bonchev–Trinajstić information content (AvgIpc) is 2.27. The van der Waals surface area contributed by atoms with Gasteiger partial charge in [0.15, 0.2) is 5.96 Å². The summed E-state index contributed by atoms with van der Waals surface area (Å²) in [6, 6.07) is 4.14. The molecule has 0 radical (unpaired) electrons. The van der Waals surface area contributed by atoms with Crippen molar-refractivity contribution in [2.24, 2.45) is 10.7 Å². The zero-order valence-electron chi connectivity index (χ0n) is 11.7. The summed E-state index contributed by atoms with van der Waals surface area (Å²) in [4.78, 5) is 4.02. The standard InChI is InChI=1S/C13H19ClFN3O.HI/c1-13(2,3)18-12(16)17-7-11(19)8-4-5-9(14)10(15)6-8;/h4-6,11,19H,7H2,1-3H3,(H3,16,17,18);1H. The van der Waals surface area contributed by atoms with Crippen LogP contribution in [0.15, 0.2) is 23.2 Å². The van der Waals surface area contributed by atoms with Crippen LogP contribution >= 0.6 is 35.6 Å². The molecule has 0 aliphatic rings. The summed E-state index contributed by atoms with van der Waals surface area (Å²) in [7, 11) is 0. The first-order valence-electron chi connectivity index (χ1n) is 5.90. The molecule has 0 spiro atoms. The van der Waals surface area contributed by atoms with E-state index in [1.165, 1.54) is 12.1 Å². The lowest BCUT2D eigenvalue weighted by Crippen LogP contribution is -2.45. The number of guanidine groups is 1. The molecule has 0 fully saturated rings. The molecular formula is C13H20ClFIN3O. The third-order valence-electron chi connectivity index (χ3n) is 2.27. The van der Waals surface area contributed by atoms with E-state index < -0.39 is 11.9 Å². The summed E-state index contributed by atoms with van der Waals surface area (Å²) < 4.78 is 13.2. The van der Waals surface area contributed by atoms with Gasteiger partial charge in [-0.1, -0.05) is 17.7 Å². The third-order valence-corrected chi connectivity index (χ3v) is 2.57. The Labute approximate surface area is 140 Å². The molecule has 1 unspecified atom stereocenters. The van der Waals surface area contributed by atoms with Crippen LogP contribution in [0.1, 0.15) is 32.4 Å². The molecule has 114 valence electrons. The Bertz CT molecular complexity index is 477. The van der Waals surface area contributed by atoms with Crippen molar-refractivity contribution < 1.29 is 9.50 Å². The quantitative estimate of drug-likeness (QED) is 0.404. The maximum absolute atomic E-state index is 13.2. The van der Waals surface area contributed by atoms with Gasteiger partial charge < -0.3 is 16.2 Å². The first kappa shape index (κ1) is 19.4. The minimum Gasteiger partial charge on any atom is -0.386 e. The summed E-state index contributed by atoms with van der Waals surface area (Å²) in [5.41, 5.74) is 5.88. The number of halogens is 3. The van der Waals surface area contributed by atoms with Gasteiger partial charge in [0.05, 0.1) is 17.7 Å². The lowest BCUT2D eigenvalue weighted by Gasteiger charge is -2.21. The van der Waals surface area contributed by atoms with Gasteiger partial charge >= 0.3 is 0 Å². The largest absolute Gasteiger partial charge is 0.386 e. The first-order chi connectivity index (χ1) is 8.69. The van der Waals surface area contributed by atoms with Crippen LogP contribution in [0.25, 0.3) is 0 Å². The van der Waals surface area contributed by atoms with Gasteiger partial charge in [-0.25, -0.2) is 4.39 Å². The van der Waals surface area contributed by atoms with E-state index in [0.717, 1.165) is 0 Å². The summed E-state index contributed by atoms with van der Waals surface area (Å²) in [5, 5.41) is 12.9. The number of hydrogen-bond donors (Lipinski definition) is 3. The molecule has 0 saturated carbocycles. The normalized spacial score (nSPS) is 13.6. The number of aliphatic hydroxyl groups is 1. The van der Waals surface area contributed by atoms with E-state index in [-0.39, 0.29) is 47.0 Å². The molecular weight excluding hydrogens is 396 g/mol. The van der Waals surface area contributed by atoms with E-state index in [1.807, 2.05) is 20.8 Å². The van der Waals surface area contributed by atoms with Gasteiger partial charge in [-0.2, -0.15) is 0 Å². The second-order valence-electron chi connectivity index (χ2n) is 5.29. The summed E-state index contributed by atoms with van der Waals surface area (Å²) >= 11 is 5.57. The topological polar surface area (TPSA) is 70.6 Å². The number of nitrogens with zero attached hydrogens (tertiary/aromatic N) is 1. The maximum Gasteiger partial charge on any atom is 0.189 e. The van der Waals surface area contributed by atoms with Crippen molar-refractivity contribution in [3.8, 4) is 0 Å². The van der Waals surface area contributed by atoms with Crippen molar-refractivity contribution in [3.63, 3.8) is 0 Å². The Kier molecular flexibility index (Phi) is 7.75. The van der Waals surface area contributed by atoms with Crippen LogP contribution in [0.5, 0.6) is 0 Å². The van der Waals surface area contributed by atoms with Gasteiger partial charge in [-0.05, 0) is 38.5 Å². The lowest BCUT2D eigenvalue weighted by molar-refractivity contribution is 0.186. The molecule has 4 nitrogen and oxygen atoms in total.